The summed E-state index contributed by atoms with van der Waals surface area (Å²) in [5, 5.41) is 0. The quantitative estimate of drug-likeness (QED) is 0.839. The standard InChI is InChI=1S/C16H24N2O2.ClH/c1-3-12-4-6-13(7-5-12)10-18(14-8-9-14)16(19)15(17)11-20-2;/h4-7,14-15H,3,8-11,17H2,1-2H3;1H. The predicted octanol–water partition coefficient (Wildman–Crippen LogP) is 2.14. The molecule has 21 heavy (non-hydrogen) atoms. The maximum Gasteiger partial charge on any atom is 0.242 e. The van der Waals surface area contributed by atoms with Gasteiger partial charge >= 0.3 is 0 Å². The first kappa shape index (κ1) is 18.0. The lowest BCUT2D eigenvalue weighted by Crippen LogP contribution is -2.46. The SMILES string of the molecule is CCc1ccc(CN(C(=O)C(N)COC)C2CC2)cc1.Cl. The van der Waals surface area contributed by atoms with Gasteiger partial charge in [0.2, 0.25) is 5.91 Å². The highest BCUT2D eigenvalue weighted by molar-refractivity contribution is 5.85. The Morgan fingerprint density at radius 3 is 2.38 bits per heavy atom. The van der Waals surface area contributed by atoms with E-state index in [1.54, 1.807) is 7.11 Å². The second-order valence-electron chi connectivity index (χ2n) is 5.43. The van der Waals surface area contributed by atoms with Crippen LogP contribution in [0.15, 0.2) is 24.3 Å². The lowest BCUT2D eigenvalue weighted by atomic mass is 10.1. The Morgan fingerprint density at radius 1 is 1.33 bits per heavy atom. The van der Waals surface area contributed by atoms with E-state index in [1.807, 2.05) is 4.90 Å². The summed E-state index contributed by atoms with van der Waals surface area (Å²) < 4.78 is 4.98. The minimum absolute atomic E-state index is 0. The van der Waals surface area contributed by atoms with Crippen LogP contribution in [0.1, 0.15) is 30.9 Å². The number of hydrogen-bond donors (Lipinski definition) is 1. The third-order valence-electron chi connectivity index (χ3n) is 3.72. The van der Waals surface area contributed by atoms with E-state index in [0.29, 0.717) is 12.6 Å². The lowest BCUT2D eigenvalue weighted by molar-refractivity contribution is -0.135. The van der Waals surface area contributed by atoms with Crippen molar-refractivity contribution < 1.29 is 9.53 Å². The van der Waals surface area contributed by atoms with E-state index in [0.717, 1.165) is 24.8 Å². The van der Waals surface area contributed by atoms with Crippen LogP contribution in [-0.2, 0) is 22.5 Å². The van der Waals surface area contributed by atoms with Crippen molar-refractivity contribution in [1.82, 2.24) is 4.90 Å². The second kappa shape index (κ2) is 8.37. The number of nitrogens with zero attached hydrogens (tertiary/aromatic N) is 1. The molecule has 0 bridgehead atoms. The smallest absolute Gasteiger partial charge is 0.242 e. The van der Waals surface area contributed by atoms with E-state index >= 15 is 0 Å². The number of nitrogens with two attached hydrogens (primary N) is 1. The number of methoxy groups -OCH3 is 1. The van der Waals surface area contributed by atoms with Gasteiger partial charge in [-0.3, -0.25) is 4.79 Å². The van der Waals surface area contributed by atoms with Crippen LogP contribution in [0.5, 0.6) is 0 Å². The van der Waals surface area contributed by atoms with Crippen LogP contribution in [0, 0.1) is 0 Å². The summed E-state index contributed by atoms with van der Waals surface area (Å²) in [5.74, 6) is -0.00563. The number of ether oxygens (including phenoxy) is 1. The molecule has 0 spiro atoms. The zero-order valence-corrected chi connectivity index (χ0v) is 13.6. The molecular weight excluding hydrogens is 288 g/mol. The van der Waals surface area contributed by atoms with Gasteiger partial charge in [-0.1, -0.05) is 31.2 Å². The Hall–Kier alpha value is -1.10. The zero-order chi connectivity index (χ0) is 14.5. The Morgan fingerprint density at radius 2 is 1.90 bits per heavy atom. The molecule has 1 aromatic rings. The fraction of sp³-hybridized carbons (Fsp3) is 0.562. The molecule has 1 aliphatic rings. The molecule has 1 aromatic carbocycles. The zero-order valence-electron chi connectivity index (χ0n) is 12.7. The topological polar surface area (TPSA) is 55.6 Å². The monoisotopic (exact) mass is 312 g/mol. The lowest BCUT2D eigenvalue weighted by Gasteiger charge is -2.25. The van der Waals surface area contributed by atoms with Crippen LogP contribution in [0.2, 0.25) is 0 Å². The molecule has 2 rings (SSSR count). The maximum atomic E-state index is 12.4. The number of hydrogen-bond acceptors (Lipinski definition) is 3. The van der Waals surface area contributed by atoms with E-state index < -0.39 is 6.04 Å². The first-order valence-corrected chi connectivity index (χ1v) is 7.28. The Balaban J connectivity index is 0.00000220. The molecule has 1 fully saturated rings. The summed E-state index contributed by atoms with van der Waals surface area (Å²) in [6, 6.07) is 8.25. The summed E-state index contributed by atoms with van der Waals surface area (Å²) in [6.45, 7) is 3.06. The van der Waals surface area contributed by atoms with Crippen molar-refractivity contribution in [2.75, 3.05) is 13.7 Å². The van der Waals surface area contributed by atoms with Gasteiger partial charge in [0.15, 0.2) is 0 Å². The molecule has 1 atom stereocenters. The summed E-state index contributed by atoms with van der Waals surface area (Å²) in [5.41, 5.74) is 8.35. The van der Waals surface area contributed by atoms with Gasteiger partial charge in [0.1, 0.15) is 6.04 Å². The highest BCUT2D eigenvalue weighted by Gasteiger charge is 2.34. The summed E-state index contributed by atoms with van der Waals surface area (Å²) in [7, 11) is 1.57. The maximum absolute atomic E-state index is 12.4. The van der Waals surface area contributed by atoms with Crippen LogP contribution < -0.4 is 5.73 Å². The first-order valence-electron chi connectivity index (χ1n) is 7.28. The summed E-state index contributed by atoms with van der Waals surface area (Å²) in [6.07, 6.45) is 3.20. The van der Waals surface area contributed by atoms with Gasteiger partial charge in [-0.2, -0.15) is 0 Å². The molecule has 4 nitrogen and oxygen atoms in total. The number of amides is 1. The third kappa shape index (κ3) is 4.99. The molecular formula is C16H25ClN2O2. The highest BCUT2D eigenvalue weighted by atomic mass is 35.5. The van der Waals surface area contributed by atoms with E-state index in [9.17, 15) is 4.79 Å². The molecule has 1 saturated carbocycles. The van der Waals surface area contributed by atoms with E-state index in [4.69, 9.17) is 10.5 Å². The third-order valence-corrected chi connectivity index (χ3v) is 3.72. The summed E-state index contributed by atoms with van der Waals surface area (Å²) in [4.78, 5) is 14.3. The normalized spacial score (nSPS) is 15.2. The molecule has 5 heteroatoms. The minimum Gasteiger partial charge on any atom is -0.383 e. The molecule has 1 unspecified atom stereocenters. The van der Waals surface area contributed by atoms with Crippen molar-refractivity contribution in [3.63, 3.8) is 0 Å². The Bertz CT molecular complexity index is 446. The van der Waals surface area contributed by atoms with Gasteiger partial charge in [0.25, 0.3) is 0 Å². The molecule has 0 saturated heterocycles. The van der Waals surface area contributed by atoms with Crippen LogP contribution >= 0.6 is 12.4 Å². The van der Waals surface area contributed by atoms with E-state index in [2.05, 4.69) is 31.2 Å². The van der Waals surface area contributed by atoms with Gasteiger partial charge in [0.05, 0.1) is 6.61 Å². The number of benzene rings is 1. The van der Waals surface area contributed by atoms with Gasteiger partial charge in [0, 0.05) is 19.7 Å². The highest BCUT2D eigenvalue weighted by Crippen LogP contribution is 2.29. The predicted molar refractivity (Wildman–Crippen MR) is 86.5 cm³/mol. The van der Waals surface area contributed by atoms with Crippen molar-refractivity contribution in [3.05, 3.63) is 35.4 Å². The van der Waals surface area contributed by atoms with Gasteiger partial charge in [-0.25, -0.2) is 0 Å². The van der Waals surface area contributed by atoms with Gasteiger partial charge in [-0.05, 0) is 30.4 Å². The van der Waals surface area contributed by atoms with E-state index in [1.165, 1.54) is 5.56 Å². The largest absolute Gasteiger partial charge is 0.383 e. The van der Waals surface area contributed by atoms with Gasteiger partial charge in [-0.15, -0.1) is 12.4 Å². The number of rotatable bonds is 7. The van der Waals surface area contributed by atoms with Crippen LogP contribution in [0.4, 0.5) is 0 Å². The van der Waals surface area contributed by atoms with E-state index in [-0.39, 0.29) is 24.9 Å². The number of carbonyl (C=O) groups excluding carboxylic acids is 1. The van der Waals surface area contributed by atoms with Crippen LogP contribution in [0.25, 0.3) is 0 Å². The Labute approximate surface area is 133 Å². The molecule has 0 heterocycles. The first-order chi connectivity index (χ1) is 9.65. The molecule has 0 radical (unpaired) electrons. The number of carbonyl (C=O) groups is 1. The number of halogens is 1. The molecule has 0 aliphatic heterocycles. The molecule has 118 valence electrons. The summed E-state index contributed by atoms with van der Waals surface area (Å²) >= 11 is 0. The molecule has 0 aromatic heterocycles. The van der Waals surface area contributed by atoms with Crippen molar-refractivity contribution in [2.24, 2.45) is 5.73 Å². The molecule has 1 aliphatic carbocycles. The van der Waals surface area contributed by atoms with Crippen molar-refractivity contribution in [2.45, 2.75) is 44.8 Å². The average molecular weight is 313 g/mol. The number of aryl methyl sites for hydroxylation is 1. The van der Waals surface area contributed by atoms with Crippen LogP contribution in [0.3, 0.4) is 0 Å². The van der Waals surface area contributed by atoms with Gasteiger partial charge < -0.3 is 15.4 Å². The van der Waals surface area contributed by atoms with Crippen molar-refractivity contribution in [3.8, 4) is 0 Å². The van der Waals surface area contributed by atoms with Crippen molar-refractivity contribution in [1.29, 1.82) is 0 Å². The second-order valence-corrected chi connectivity index (χ2v) is 5.43. The minimum atomic E-state index is -0.560. The Kier molecular flexibility index (Phi) is 7.15. The molecule has 1 amide bonds. The fourth-order valence-electron chi connectivity index (χ4n) is 2.31. The van der Waals surface area contributed by atoms with Crippen LogP contribution in [-0.4, -0.2) is 36.6 Å². The fourth-order valence-corrected chi connectivity index (χ4v) is 2.31. The van der Waals surface area contributed by atoms with Crippen molar-refractivity contribution >= 4 is 18.3 Å². The average Bonchev–Trinajstić information content (AvgIpc) is 3.29. The molecule has 2 N–H and O–H groups in total.